The van der Waals surface area contributed by atoms with Crippen LogP contribution in [0.5, 0.6) is 11.5 Å². The number of hydrogen-bond donors (Lipinski definition) is 2. The van der Waals surface area contributed by atoms with Crippen molar-refractivity contribution in [3.63, 3.8) is 0 Å². The maximum atomic E-state index is 13.2. The number of likely N-dealkylation sites (tertiary alicyclic amines) is 1. The third kappa shape index (κ3) is 5.77. The molecule has 9 heteroatoms. The summed E-state index contributed by atoms with van der Waals surface area (Å²) in [6.45, 7) is 9.17. The lowest BCUT2D eigenvalue weighted by atomic mass is 9.89. The van der Waals surface area contributed by atoms with Crippen LogP contribution in [0.15, 0.2) is 48.5 Å². The highest BCUT2D eigenvalue weighted by Gasteiger charge is 2.35. The Labute approximate surface area is 222 Å². The van der Waals surface area contributed by atoms with Crippen LogP contribution in [0.2, 0.25) is 0 Å². The Morgan fingerprint density at radius 1 is 1.11 bits per heavy atom. The number of aliphatic carboxylic acids is 1. The van der Waals surface area contributed by atoms with Gasteiger partial charge >= 0.3 is 5.97 Å². The normalized spacial score (nSPS) is 15.5. The van der Waals surface area contributed by atoms with Crippen molar-refractivity contribution in [1.29, 1.82) is 0 Å². The number of aromatic nitrogens is 1. The number of hydrogen-bond acceptors (Lipinski definition) is 5. The van der Waals surface area contributed by atoms with Crippen molar-refractivity contribution in [1.82, 2.24) is 9.47 Å². The second-order valence-electron chi connectivity index (χ2n) is 10.1. The number of carboxylic acids is 1. The summed E-state index contributed by atoms with van der Waals surface area (Å²) in [6, 6.07) is 14.8. The molecule has 2 aromatic carbocycles. The topological polar surface area (TPSA) is 110 Å². The third-order valence-corrected chi connectivity index (χ3v) is 6.84. The highest BCUT2D eigenvalue weighted by Crippen LogP contribution is 2.30. The smallest absolute Gasteiger partial charge is 0.309 e. The Kier molecular flexibility index (Phi) is 7.94. The van der Waals surface area contributed by atoms with Crippen LogP contribution in [0, 0.1) is 5.41 Å². The third-order valence-electron chi connectivity index (χ3n) is 6.84. The number of carboxylic acid groups (broad SMARTS) is 1. The van der Waals surface area contributed by atoms with E-state index in [2.05, 4.69) is 5.32 Å². The van der Waals surface area contributed by atoms with E-state index >= 15 is 0 Å². The molecule has 9 nitrogen and oxygen atoms in total. The zero-order valence-electron chi connectivity index (χ0n) is 22.3. The van der Waals surface area contributed by atoms with E-state index < -0.39 is 11.4 Å². The molecule has 1 aliphatic rings. The molecule has 202 valence electrons. The van der Waals surface area contributed by atoms with E-state index in [4.69, 9.17) is 9.47 Å². The van der Waals surface area contributed by atoms with Crippen LogP contribution < -0.4 is 14.8 Å². The minimum absolute atomic E-state index is 0.0482. The number of fused-ring (bicyclic) bond motifs is 1. The van der Waals surface area contributed by atoms with Gasteiger partial charge in [-0.3, -0.25) is 14.4 Å². The van der Waals surface area contributed by atoms with E-state index in [9.17, 15) is 19.5 Å². The molecule has 0 radical (unpaired) electrons. The average molecular weight is 522 g/mol. The largest absolute Gasteiger partial charge is 0.493 e. The predicted octanol–water partition coefficient (Wildman–Crippen LogP) is 4.79. The molecule has 38 heavy (non-hydrogen) atoms. The Balaban J connectivity index is 1.37. The average Bonchev–Trinajstić information content (AvgIpc) is 3.50. The van der Waals surface area contributed by atoms with Crippen LogP contribution >= 0.6 is 0 Å². The second kappa shape index (κ2) is 11.2. The predicted molar refractivity (Wildman–Crippen MR) is 145 cm³/mol. The highest BCUT2D eigenvalue weighted by molar-refractivity contribution is 6.07. The van der Waals surface area contributed by atoms with E-state index in [1.54, 1.807) is 43.0 Å². The van der Waals surface area contributed by atoms with Crippen molar-refractivity contribution in [2.75, 3.05) is 25.0 Å². The van der Waals surface area contributed by atoms with Gasteiger partial charge in [0.1, 0.15) is 23.3 Å². The van der Waals surface area contributed by atoms with Gasteiger partial charge in [-0.1, -0.05) is 6.07 Å². The van der Waals surface area contributed by atoms with Crippen molar-refractivity contribution in [2.45, 2.75) is 53.2 Å². The molecule has 1 fully saturated rings. The van der Waals surface area contributed by atoms with Gasteiger partial charge in [-0.2, -0.15) is 0 Å². The summed E-state index contributed by atoms with van der Waals surface area (Å²) in [4.78, 5) is 38.7. The summed E-state index contributed by atoms with van der Waals surface area (Å²) in [5, 5.41) is 13.1. The summed E-state index contributed by atoms with van der Waals surface area (Å²) in [5.41, 5.74) is 1.03. The Morgan fingerprint density at radius 2 is 1.84 bits per heavy atom. The van der Waals surface area contributed by atoms with E-state index in [0.717, 1.165) is 16.7 Å². The SMILES string of the molecule is CCOc1cccc2c1cc(C(=O)Nc1ccc(OC3CCN(C(=O)CC(C)(C)C(=O)O)C3)cc1)n2CC. The molecule has 4 rings (SSSR count). The Hall–Kier alpha value is -4.01. The number of aryl methyl sites for hydroxylation is 1. The first-order valence-electron chi connectivity index (χ1n) is 13.0. The molecule has 1 saturated heterocycles. The number of rotatable bonds is 10. The first-order valence-corrected chi connectivity index (χ1v) is 13.0. The molecule has 2 heterocycles. The van der Waals surface area contributed by atoms with Gasteiger partial charge in [-0.25, -0.2) is 0 Å². The minimum Gasteiger partial charge on any atom is -0.493 e. The number of ether oxygens (including phenoxy) is 2. The van der Waals surface area contributed by atoms with Gasteiger partial charge in [0.05, 0.1) is 24.1 Å². The molecule has 1 unspecified atom stereocenters. The zero-order valence-corrected chi connectivity index (χ0v) is 22.3. The molecule has 0 bridgehead atoms. The number of carbonyl (C=O) groups is 3. The number of benzene rings is 2. The summed E-state index contributed by atoms with van der Waals surface area (Å²) < 4.78 is 13.8. The highest BCUT2D eigenvalue weighted by atomic mass is 16.5. The molecular formula is C29H35N3O6. The van der Waals surface area contributed by atoms with E-state index in [1.807, 2.05) is 42.7 Å². The van der Waals surface area contributed by atoms with Crippen molar-refractivity contribution in [3.8, 4) is 11.5 Å². The molecule has 2 N–H and O–H groups in total. The van der Waals surface area contributed by atoms with Gasteiger partial charge in [0.15, 0.2) is 0 Å². The van der Waals surface area contributed by atoms with Crippen molar-refractivity contribution >= 4 is 34.4 Å². The van der Waals surface area contributed by atoms with Gasteiger partial charge in [0.25, 0.3) is 5.91 Å². The number of anilines is 1. The van der Waals surface area contributed by atoms with Crippen LogP contribution in [0.1, 0.15) is 51.0 Å². The summed E-state index contributed by atoms with van der Waals surface area (Å²) >= 11 is 0. The van der Waals surface area contributed by atoms with E-state index in [-0.39, 0.29) is 24.3 Å². The van der Waals surface area contributed by atoms with Crippen LogP contribution in [0.25, 0.3) is 10.9 Å². The first-order chi connectivity index (χ1) is 18.1. The van der Waals surface area contributed by atoms with E-state index in [0.29, 0.717) is 49.8 Å². The molecule has 0 spiro atoms. The summed E-state index contributed by atoms with van der Waals surface area (Å²) in [6.07, 6.45) is 0.447. The van der Waals surface area contributed by atoms with Crippen LogP contribution in [-0.4, -0.2) is 58.2 Å². The van der Waals surface area contributed by atoms with Crippen LogP contribution in [0.4, 0.5) is 5.69 Å². The number of nitrogens with one attached hydrogen (secondary N) is 1. The lowest BCUT2D eigenvalue weighted by molar-refractivity contribution is -0.151. The Bertz CT molecular complexity index is 1330. The lowest BCUT2D eigenvalue weighted by Crippen LogP contribution is -2.36. The zero-order chi connectivity index (χ0) is 27.4. The quantitative estimate of drug-likeness (QED) is 0.397. The lowest BCUT2D eigenvalue weighted by Gasteiger charge is -2.23. The molecule has 0 aliphatic carbocycles. The van der Waals surface area contributed by atoms with Crippen LogP contribution in [-0.2, 0) is 16.1 Å². The molecule has 0 saturated carbocycles. The molecule has 2 amide bonds. The maximum Gasteiger partial charge on any atom is 0.309 e. The fourth-order valence-corrected chi connectivity index (χ4v) is 4.69. The fourth-order valence-electron chi connectivity index (χ4n) is 4.69. The minimum atomic E-state index is -1.10. The molecule has 1 aromatic heterocycles. The van der Waals surface area contributed by atoms with Crippen molar-refractivity contribution < 1.29 is 29.0 Å². The number of nitrogens with zero attached hydrogens (tertiary/aromatic N) is 2. The van der Waals surface area contributed by atoms with Crippen LogP contribution in [0.3, 0.4) is 0 Å². The van der Waals surface area contributed by atoms with Gasteiger partial charge < -0.3 is 29.4 Å². The second-order valence-corrected chi connectivity index (χ2v) is 10.1. The van der Waals surface area contributed by atoms with Gasteiger partial charge in [-0.15, -0.1) is 0 Å². The number of amides is 2. The van der Waals surface area contributed by atoms with E-state index in [1.165, 1.54) is 0 Å². The standard InChI is InChI=1S/C29H35N3O6/c1-5-32-23-8-7-9-25(37-6-2)22(23)16-24(32)27(34)30-19-10-12-20(13-11-19)38-21-14-15-31(18-21)26(33)17-29(3,4)28(35)36/h7-13,16,21H,5-6,14-15,17-18H2,1-4H3,(H,30,34)(H,35,36). The van der Waals surface area contributed by atoms with Crippen molar-refractivity contribution in [2.24, 2.45) is 5.41 Å². The van der Waals surface area contributed by atoms with Gasteiger partial charge in [-0.05, 0) is 70.2 Å². The van der Waals surface area contributed by atoms with Crippen molar-refractivity contribution in [3.05, 3.63) is 54.2 Å². The summed E-state index contributed by atoms with van der Waals surface area (Å²) in [5.74, 6) is 0.00648. The molecule has 1 atom stereocenters. The molecule has 3 aromatic rings. The summed E-state index contributed by atoms with van der Waals surface area (Å²) in [7, 11) is 0. The van der Waals surface area contributed by atoms with Gasteiger partial charge in [0.2, 0.25) is 5.91 Å². The number of carbonyl (C=O) groups excluding carboxylic acids is 2. The monoisotopic (exact) mass is 521 g/mol. The maximum absolute atomic E-state index is 13.2. The van der Waals surface area contributed by atoms with Gasteiger partial charge in [0, 0.05) is 37.0 Å². The Morgan fingerprint density at radius 3 is 2.50 bits per heavy atom. The molecule has 1 aliphatic heterocycles. The molecular weight excluding hydrogens is 486 g/mol. The first kappa shape index (κ1) is 27.0. The fraction of sp³-hybridized carbons (Fsp3) is 0.414.